The zero-order valence-electron chi connectivity index (χ0n) is 23.9. The molecule has 1 fully saturated rings. The molecule has 13 heteroatoms. The van der Waals surface area contributed by atoms with Crippen LogP contribution in [0.1, 0.15) is 37.3 Å². The minimum Gasteiger partial charge on any atom is -0.406 e. The van der Waals surface area contributed by atoms with E-state index < -0.39 is 12.4 Å². The molecular formula is C31H29F3N6O3S. The third-order valence-corrected chi connectivity index (χ3v) is 7.92. The molecule has 9 nitrogen and oxygen atoms in total. The highest BCUT2D eigenvalue weighted by molar-refractivity contribution is 8.15. The van der Waals surface area contributed by atoms with Gasteiger partial charge in [-0.15, -0.1) is 18.3 Å². The van der Waals surface area contributed by atoms with Crippen molar-refractivity contribution in [2.45, 2.75) is 39.0 Å². The van der Waals surface area contributed by atoms with Gasteiger partial charge in [0.25, 0.3) is 0 Å². The average molecular weight is 623 g/mol. The topological polar surface area (TPSA) is 102 Å². The van der Waals surface area contributed by atoms with Crippen LogP contribution >= 0.6 is 11.8 Å². The van der Waals surface area contributed by atoms with Gasteiger partial charge in [-0.3, -0.25) is 9.69 Å². The summed E-state index contributed by atoms with van der Waals surface area (Å²) in [5, 5.41) is 7.64. The maximum Gasteiger partial charge on any atom is 0.573 e. The van der Waals surface area contributed by atoms with E-state index in [0.29, 0.717) is 29.6 Å². The third kappa shape index (κ3) is 7.46. The Morgan fingerprint density at radius 1 is 1.09 bits per heavy atom. The Bertz CT molecular complexity index is 1660. The van der Waals surface area contributed by atoms with Crippen molar-refractivity contribution in [2.75, 3.05) is 17.2 Å². The quantitative estimate of drug-likeness (QED) is 0.222. The van der Waals surface area contributed by atoms with E-state index in [-0.39, 0.29) is 23.3 Å². The number of nitrogens with zero attached hydrogens (tertiary/aromatic N) is 5. The molecule has 0 saturated carbocycles. The fourth-order valence-corrected chi connectivity index (χ4v) is 5.54. The van der Waals surface area contributed by atoms with Crippen LogP contribution in [0.3, 0.4) is 0 Å². The van der Waals surface area contributed by atoms with Gasteiger partial charge in [0.15, 0.2) is 11.0 Å². The van der Waals surface area contributed by atoms with Crippen molar-refractivity contribution in [2.24, 2.45) is 4.99 Å². The summed E-state index contributed by atoms with van der Waals surface area (Å²) < 4.78 is 42.6. The zero-order chi connectivity index (χ0) is 31.3. The van der Waals surface area contributed by atoms with E-state index in [2.05, 4.69) is 32.1 Å². The van der Waals surface area contributed by atoms with E-state index in [4.69, 9.17) is 0 Å². The van der Waals surface area contributed by atoms with Gasteiger partial charge in [-0.1, -0.05) is 68.1 Å². The van der Waals surface area contributed by atoms with Gasteiger partial charge in [0.05, 0.1) is 17.1 Å². The van der Waals surface area contributed by atoms with E-state index in [1.165, 1.54) is 51.9 Å². The molecule has 3 aromatic carbocycles. The lowest BCUT2D eigenvalue weighted by Crippen LogP contribution is -2.32. The molecule has 4 aromatic rings. The second-order valence-electron chi connectivity index (χ2n) is 9.99. The first-order valence-electron chi connectivity index (χ1n) is 13.9. The minimum atomic E-state index is -4.75. The molecule has 1 atom stereocenters. The molecule has 0 bridgehead atoms. The summed E-state index contributed by atoms with van der Waals surface area (Å²) >= 11 is 1.25. The molecule has 3 amide bonds. The Morgan fingerprint density at radius 2 is 1.82 bits per heavy atom. The molecule has 0 radical (unpaired) electrons. The van der Waals surface area contributed by atoms with E-state index in [1.54, 1.807) is 0 Å². The van der Waals surface area contributed by atoms with Gasteiger partial charge in [0.1, 0.15) is 12.1 Å². The van der Waals surface area contributed by atoms with Crippen LogP contribution in [0.15, 0.2) is 84.1 Å². The lowest BCUT2D eigenvalue weighted by Gasteiger charge is -2.19. The number of aryl methyl sites for hydroxylation is 1. The molecule has 228 valence electrons. The summed E-state index contributed by atoms with van der Waals surface area (Å²) in [6.45, 7) is 4.48. The number of ether oxygens (including phenoxy) is 1. The largest absolute Gasteiger partial charge is 0.573 e. The molecule has 0 aliphatic carbocycles. The van der Waals surface area contributed by atoms with Crippen LogP contribution in [-0.2, 0) is 11.2 Å². The van der Waals surface area contributed by atoms with Crippen molar-refractivity contribution in [3.8, 4) is 22.8 Å². The summed E-state index contributed by atoms with van der Waals surface area (Å²) in [5.74, 6) is 0.417. The maximum absolute atomic E-state index is 12.6. The van der Waals surface area contributed by atoms with Crippen LogP contribution in [0, 0.1) is 0 Å². The van der Waals surface area contributed by atoms with E-state index in [1.807, 2.05) is 55.5 Å². The van der Waals surface area contributed by atoms with E-state index >= 15 is 0 Å². The maximum atomic E-state index is 12.6. The second kappa shape index (κ2) is 13.3. The Morgan fingerprint density at radius 3 is 2.52 bits per heavy atom. The normalized spacial score (nSPS) is 15.1. The van der Waals surface area contributed by atoms with Crippen LogP contribution in [0.25, 0.3) is 17.1 Å². The zero-order valence-corrected chi connectivity index (χ0v) is 24.7. The monoisotopic (exact) mass is 622 g/mol. The Kier molecular flexibility index (Phi) is 9.33. The van der Waals surface area contributed by atoms with Crippen molar-refractivity contribution in [1.29, 1.82) is 0 Å². The highest BCUT2D eigenvalue weighted by Gasteiger charge is 2.32. The number of halogens is 3. The second-order valence-corrected chi connectivity index (χ2v) is 10.9. The fraction of sp³-hybridized carbons (Fsp3) is 0.258. The number of hydrogen-bond acceptors (Lipinski definition) is 6. The number of rotatable bonds is 9. The molecule has 1 aliphatic rings. The first kappa shape index (κ1) is 30.8. The molecule has 1 aromatic heterocycles. The molecule has 1 N–H and O–H groups in total. The average Bonchev–Trinajstić information content (AvgIpc) is 3.64. The summed E-state index contributed by atoms with van der Waals surface area (Å²) in [4.78, 5) is 35.2. The smallest absolute Gasteiger partial charge is 0.406 e. The molecule has 1 saturated heterocycles. The number of benzene rings is 3. The van der Waals surface area contributed by atoms with Gasteiger partial charge in [-0.2, -0.15) is 4.99 Å². The Hall–Kier alpha value is -4.65. The molecule has 5 rings (SSSR count). The predicted octanol–water partition coefficient (Wildman–Crippen LogP) is 6.73. The van der Waals surface area contributed by atoms with Gasteiger partial charge in [-0.25, -0.2) is 14.5 Å². The van der Waals surface area contributed by atoms with Crippen LogP contribution in [-0.4, -0.2) is 50.5 Å². The number of urea groups is 1. The van der Waals surface area contributed by atoms with Crippen LogP contribution in [0.5, 0.6) is 5.75 Å². The minimum absolute atomic E-state index is 0.102. The number of anilines is 1. The van der Waals surface area contributed by atoms with Crippen molar-refractivity contribution in [1.82, 2.24) is 20.1 Å². The van der Waals surface area contributed by atoms with Gasteiger partial charge in [0, 0.05) is 12.1 Å². The van der Waals surface area contributed by atoms with Crippen molar-refractivity contribution in [3.63, 3.8) is 0 Å². The van der Waals surface area contributed by atoms with Gasteiger partial charge < -0.3 is 10.1 Å². The van der Waals surface area contributed by atoms with Crippen molar-refractivity contribution >= 4 is 34.6 Å². The number of nitrogens with one attached hydrogen (secondary N) is 1. The lowest BCUT2D eigenvalue weighted by molar-refractivity contribution is -0.274. The highest BCUT2D eigenvalue weighted by atomic mass is 32.2. The Labute approximate surface area is 256 Å². The number of para-hydroxylation sites is 1. The number of carbonyl (C=O) groups excluding carboxylic acids is 2. The molecule has 1 unspecified atom stereocenters. The molecule has 1 aliphatic heterocycles. The summed E-state index contributed by atoms with van der Waals surface area (Å²) in [6.07, 6.45) is -1.84. The number of thioether (sulfide) groups is 1. The third-order valence-electron chi connectivity index (χ3n) is 6.99. The number of amides is 3. The molecule has 2 heterocycles. The van der Waals surface area contributed by atoms with E-state index in [0.717, 1.165) is 28.8 Å². The van der Waals surface area contributed by atoms with Gasteiger partial charge in [0.2, 0.25) is 5.91 Å². The number of alkyl halides is 3. The van der Waals surface area contributed by atoms with Crippen LogP contribution < -0.4 is 15.0 Å². The number of carbonyl (C=O) groups is 2. The number of hydrogen-bond donors (Lipinski definition) is 1. The van der Waals surface area contributed by atoms with E-state index in [9.17, 15) is 22.8 Å². The predicted molar refractivity (Wildman–Crippen MR) is 163 cm³/mol. The Balaban J connectivity index is 1.15. The number of aliphatic imine (C=N–C) groups is 1. The number of aromatic nitrogens is 3. The first-order valence-corrected chi connectivity index (χ1v) is 14.9. The lowest BCUT2D eigenvalue weighted by atomic mass is 9.96. The summed E-state index contributed by atoms with van der Waals surface area (Å²) in [6, 6.07) is 20.2. The standard InChI is InChI=1S/C31H29F3N6O3S/c1-3-21-6-4-5-7-26(21)40-27(41)18-44-30(40)37-29(42)35-17-16-20(2)22-8-10-23(11-9-22)28-36-19-39(38-28)24-12-14-25(15-13-24)43-31(32,33)34/h4-15,19-20H,3,16-18H2,1-2H3,(H,35,42). The van der Waals surface area contributed by atoms with Crippen LogP contribution in [0.2, 0.25) is 0 Å². The van der Waals surface area contributed by atoms with Gasteiger partial charge >= 0.3 is 12.4 Å². The summed E-state index contributed by atoms with van der Waals surface area (Å²) in [7, 11) is 0. The number of amidine groups is 1. The molecule has 44 heavy (non-hydrogen) atoms. The molecule has 0 spiro atoms. The summed E-state index contributed by atoms with van der Waals surface area (Å²) in [5.41, 5.74) is 4.14. The van der Waals surface area contributed by atoms with Gasteiger partial charge in [-0.05, 0) is 60.2 Å². The first-order chi connectivity index (χ1) is 21.1. The SMILES string of the molecule is CCc1ccccc1N1C(=O)CSC1=NC(=O)NCCC(C)c1ccc(-c2ncn(-c3ccc(OC(F)(F)F)cc3)n2)cc1. The molecular weight excluding hydrogens is 593 g/mol. The fourth-order valence-electron chi connectivity index (χ4n) is 4.68. The van der Waals surface area contributed by atoms with Crippen molar-refractivity contribution in [3.05, 3.63) is 90.3 Å². The van der Waals surface area contributed by atoms with Crippen LogP contribution in [0.4, 0.5) is 23.7 Å². The van der Waals surface area contributed by atoms with Crippen molar-refractivity contribution < 1.29 is 27.5 Å². The highest BCUT2D eigenvalue weighted by Crippen LogP contribution is 2.30.